The fourth-order valence-corrected chi connectivity index (χ4v) is 1.99. The SMILES string of the molecule is COCC(N)C(=O)Nc1ccccc1S(N)(=O)=O. The number of nitrogens with two attached hydrogens (primary N) is 2. The summed E-state index contributed by atoms with van der Waals surface area (Å²) in [4.78, 5) is 11.5. The van der Waals surface area contributed by atoms with Crippen molar-refractivity contribution in [1.82, 2.24) is 0 Å². The van der Waals surface area contributed by atoms with Crippen LogP contribution in [0.2, 0.25) is 0 Å². The summed E-state index contributed by atoms with van der Waals surface area (Å²) in [7, 11) is -2.50. The average molecular weight is 273 g/mol. The van der Waals surface area contributed by atoms with E-state index in [9.17, 15) is 13.2 Å². The van der Waals surface area contributed by atoms with Gasteiger partial charge in [-0.15, -0.1) is 0 Å². The Morgan fingerprint density at radius 3 is 2.61 bits per heavy atom. The third-order valence-corrected chi connectivity index (χ3v) is 3.10. The lowest BCUT2D eigenvalue weighted by Crippen LogP contribution is -2.39. The van der Waals surface area contributed by atoms with Gasteiger partial charge in [0, 0.05) is 7.11 Å². The van der Waals surface area contributed by atoms with Crippen molar-refractivity contribution in [1.29, 1.82) is 0 Å². The molecule has 1 rings (SSSR count). The number of anilines is 1. The molecule has 0 spiro atoms. The summed E-state index contributed by atoms with van der Waals surface area (Å²) in [5, 5.41) is 7.43. The van der Waals surface area contributed by atoms with Gasteiger partial charge in [0.05, 0.1) is 12.3 Å². The lowest BCUT2D eigenvalue weighted by molar-refractivity contribution is -0.118. The molecule has 0 heterocycles. The molecule has 1 unspecified atom stereocenters. The van der Waals surface area contributed by atoms with E-state index in [0.29, 0.717) is 0 Å². The van der Waals surface area contributed by atoms with Gasteiger partial charge < -0.3 is 15.8 Å². The number of rotatable bonds is 5. The number of amides is 1. The Bertz CT molecular complexity index is 530. The highest BCUT2D eigenvalue weighted by Gasteiger charge is 2.18. The number of ether oxygens (including phenoxy) is 1. The van der Waals surface area contributed by atoms with Gasteiger partial charge in [0.25, 0.3) is 0 Å². The first-order chi connectivity index (χ1) is 8.36. The molecule has 0 aliphatic rings. The Kier molecular flexibility index (Phi) is 4.79. The molecule has 1 amide bonds. The first-order valence-corrected chi connectivity index (χ1v) is 6.58. The molecule has 8 heteroatoms. The number of hydrogen-bond acceptors (Lipinski definition) is 5. The number of primary sulfonamides is 1. The molecule has 5 N–H and O–H groups in total. The predicted molar refractivity (Wildman–Crippen MR) is 66.3 cm³/mol. The number of carbonyl (C=O) groups excluding carboxylic acids is 1. The van der Waals surface area contributed by atoms with Crippen LogP contribution in [0.25, 0.3) is 0 Å². The topological polar surface area (TPSA) is 125 Å². The molecule has 7 nitrogen and oxygen atoms in total. The highest BCUT2D eigenvalue weighted by atomic mass is 32.2. The maximum atomic E-state index is 11.6. The maximum absolute atomic E-state index is 11.6. The van der Waals surface area contributed by atoms with E-state index < -0.39 is 22.0 Å². The summed E-state index contributed by atoms with van der Waals surface area (Å²) in [5.41, 5.74) is 5.61. The van der Waals surface area contributed by atoms with E-state index in [-0.39, 0.29) is 17.2 Å². The fourth-order valence-electron chi connectivity index (χ4n) is 1.30. The number of carbonyl (C=O) groups is 1. The molecule has 0 fully saturated rings. The zero-order valence-electron chi connectivity index (χ0n) is 9.79. The first kappa shape index (κ1) is 14.6. The van der Waals surface area contributed by atoms with Crippen LogP contribution < -0.4 is 16.2 Å². The largest absolute Gasteiger partial charge is 0.383 e. The number of methoxy groups -OCH3 is 1. The summed E-state index contributed by atoms with van der Waals surface area (Å²) in [6, 6.07) is 4.92. The second-order valence-corrected chi connectivity index (χ2v) is 5.12. The lowest BCUT2D eigenvalue weighted by Gasteiger charge is -2.13. The van der Waals surface area contributed by atoms with Crippen LogP contribution in [0.15, 0.2) is 29.2 Å². The second-order valence-electron chi connectivity index (χ2n) is 3.59. The van der Waals surface area contributed by atoms with Gasteiger partial charge >= 0.3 is 0 Å². The van der Waals surface area contributed by atoms with E-state index >= 15 is 0 Å². The molecule has 0 saturated heterocycles. The van der Waals surface area contributed by atoms with Crippen molar-refractivity contribution in [3.63, 3.8) is 0 Å². The minimum absolute atomic E-state index is 0.0311. The third-order valence-electron chi connectivity index (χ3n) is 2.13. The van der Waals surface area contributed by atoms with E-state index in [4.69, 9.17) is 15.6 Å². The summed E-state index contributed by atoms with van der Waals surface area (Å²) in [6.45, 7) is 0.0311. The van der Waals surface area contributed by atoms with Crippen molar-refractivity contribution in [2.24, 2.45) is 10.9 Å². The summed E-state index contributed by atoms with van der Waals surface area (Å²) >= 11 is 0. The molecule has 0 aliphatic carbocycles. The highest BCUT2D eigenvalue weighted by molar-refractivity contribution is 7.89. The zero-order valence-corrected chi connectivity index (χ0v) is 10.6. The standard InChI is InChI=1S/C10H15N3O4S/c1-17-6-7(11)10(14)13-8-4-2-3-5-9(8)18(12,15)16/h2-5,7H,6,11H2,1H3,(H,13,14)(H2,12,15,16). The predicted octanol–water partition coefficient (Wildman–Crippen LogP) is -0.754. The van der Waals surface area contributed by atoms with Crippen molar-refractivity contribution >= 4 is 21.6 Å². The molecule has 1 aromatic carbocycles. The molecule has 0 saturated carbocycles. The number of benzene rings is 1. The summed E-state index contributed by atoms with van der Waals surface area (Å²) in [5.74, 6) is -0.548. The van der Waals surface area contributed by atoms with Crippen LogP contribution in [0.1, 0.15) is 0 Å². The Balaban J connectivity index is 2.95. The van der Waals surface area contributed by atoms with Gasteiger partial charge in [-0.1, -0.05) is 12.1 Å². The molecule has 1 atom stereocenters. The Hall–Kier alpha value is -1.48. The van der Waals surface area contributed by atoms with Crippen LogP contribution in [0, 0.1) is 0 Å². The van der Waals surface area contributed by atoms with Crippen molar-refractivity contribution in [3.05, 3.63) is 24.3 Å². The van der Waals surface area contributed by atoms with E-state index in [1.165, 1.54) is 25.3 Å². The van der Waals surface area contributed by atoms with Crippen molar-refractivity contribution in [3.8, 4) is 0 Å². The highest BCUT2D eigenvalue weighted by Crippen LogP contribution is 2.19. The van der Waals surface area contributed by atoms with Crippen LogP contribution >= 0.6 is 0 Å². The fraction of sp³-hybridized carbons (Fsp3) is 0.300. The average Bonchev–Trinajstić information content (AvgIpc) is 2.28. The first-order valence-electron chi connectivity index (χ1n) is 5.03. The van der Waals surface area contributed by atoms with Gasteiger partial charge in [-0.05, 0) is 12.1 Å². The summed E-state index contributed by atoms with van der Waals surface area (Å²) < 4.78 is 27.3. The lowest BCUT2D eigenvalue weighted by atomic mass is 10.2. The van der Waals surface area contributed by atoms with E-state index in [1.807, 2.05) is 0 Å². The molecule has 0 bridgehead atoms. The van der Waals surface area contributed by atoms with Crippen molar-refractivity contribution in [2.45, 2.75) is 10.9 Å². The smallest absolute Gasteiger partial charge is 0.243 e. The van der Waals surface area contributed by atoms with Gasteiger partial charge in [0.1, 0.15) is 10.9 Å². The molecule has 1 aromatic rings. The van der Waals surface area contributed by atoms with Gasteiger partial charge in [-0.2, -0.15) is 0 Å². The Morgan fingerprint density at radius 1 is 1.44 bits per heavy atom. The summed E-state index contributed by atoms with van der Waals surface area (Å²) in [6.07, 6.45) is 0. The van der Waals surface area contributed by atoms with Crippen LogP contribution in [-0.2, 0) is 19.6 Å². The van der Waals surface area contributed by atoms with Crippen LogP contribution in [-0.4, -0.2) is 34.1 Å². The third kappa shape index (κ3) is 3.77. The van der Waals surface area contributed by atoms with Crippen LogP contribution in [0.4, 0.5) is 5.69 Å². The molecule has 100 valence electrons. The van der Waals surface area contributed by atoms with Gasteiger partial charge in [-0.25, -0.2) is 13.6 Å². The quantitative estimate of drug-likeness (QED) is 0.650. The van der Waals surface area contributed by atoms with E-state index in [1.54, 1.807) is 6.07 Å². The van der Waals surface area contributed by atoms with Crippen molar-refractivity contribution < 1.29 is 17.9 Å². The van der Waals surface area contributed by atoms with Crippen molar-refractivity contribution in [2.75, 3.05) is 19.0 Å². The minimum atomic E-state index is -3.90. The van der Waals surface area contributed by atoms with E-state index in [0.717, 1.165) is 0 Å². The minimum Gasteiger partial charge on any atom is -0.383 e. The number of para-hydroxylation sites is 1. The van der Waals surface area contributed by atoms with Gasteiger partial charge in [0.2, 0.25) is 15.9 Å². The maximum Gasteiger partial charge on any atom is 0.243 e. The van der Waals surface area contributed by atoms with Crippen LogP contribution in [0.3, 0.4) is 0 Å². The Labute approximate surface area is 105 Å². The monoisotopic (exact) mass is 273 g/mol. The normalized spacial score (nSPS) is 13.1. The molecular weight excluding hydrogens is 258 g/mol. The van der Waals surface area contributed by atoms with E-state index in [2.05, 4.69) is 5.32 Å². The zero-order chi connectivity index (χ0) is 13.8. The molecule has 0 aromatic heterocycles. The number of hydrogen-bond donors (Lipinski definition) is 3. The van der Waals surface area contributed by atoms with Crippen LogP contribution in [0.5, 0.6) is 0 Å². The molecule has 18 heavy (non-hydrogen) atoms. The Morgan fingerprint density at radius 2 is 2.06 bits per heavy atom. The van der Waals surface area contributed by atoms with Gasteiger partial charge in [0.15, 0.2) is 0 Å². The molecule has 0 aliphatic heterocycles. The number of sulfonamides is 1. The molecular formula is C10H15N3O4S. The second kappa shape index (κ2) is 5.91. The number of nitrogens with one attached hydrogen (secondary N) is 1. The van der Waals surface area contributed by atoms with Gasteiger partial charge in [-0.3, -0.25) is 4.79 Å². The molecule has 0 radical (unpaired) electrons.